The molecule has 92 valence electrons. The predicted molar refractivity (Wildman–Crippen MR) is 59.8 cm³/mol. The van der Waals surface area contributed by atoms with Crippen LogP contribution in [0.5, 0.6) is 0 Å². The lowest BCUT2D eigenvalue weighted by atomic mass is 9.86. The maximum atomic E-state index is 11.9. The summed E-state index contributed by atoms with van der Waals surface area (Å²) in [6.07, 6.45) is 0.155. The van der Waals surface area contributed by atoms with Gasteiger partial charge in [0.2, 0.25) is 11.8 Å². The van der Waals surface area contributed by atoms with Crippen LogP contribution in [0, 0.1) is 5.41 Å². The molecule has 1 aliphatic rings. The molecular formula is C11H20N2O3. The third-order valence-electron chi connectivity index (χ3n) is 2.38. The van der Waals surface area contributed by atoms with Crippen molar-refractivity contribution in [3.05, 3.63) is 0 Å². The molecule has 0 radical (unpaired) electrons. The van der Waals surface area contributed by atoms with Gasteiger partial charge in [-0.2, -0.15) is 0 Å². The van der Waals surface area contributed by atoms with E-state index in [9.17, 15) is 9.59 Å². The van der Waals surface area contributed by atoms with E-state index >= 15 is 0 Å². The minimum atomic E-state index is -0.510. The highest BCUT2D eigenvalue weighted by molar-refractivity contribution is 5.87. The summed E-state index contributed by atoms with van der Waals surface area (Å²) in [5.41, 5.74) is -0.305. The highest BCUT2D eigenvalue weighted by Crippen LogP contribution is 2.19. The number of rotatable bonds is 4. The van der Waals surface area contributed by atoms with Crippen LogP contribution in [0.4, 0.5) is 0 Å². The molecule has 2 atom stereocenters. The van der Waals surface area contributed by atoms with Gasteiger partial charge in [0.05, 0.1) is 12.7 Å². The lowest BCUT2D eigenvalue weighted by Gasteiger charge is -2.29. The molecule has 0 bridgehead atoms. The Morgan fingerprint density at radius 3 is 2.38 bits per heavy atom. The summed E-state index contributed by atoms with van der Waals surface area (Å²) in [5.74, 6) is -0.351. The van der Waals surface area contributed by atoms with Crippen LogP contribution in [0.25, 0.3) is 0 Å². The van der Waals surface area contributed by atoms with Gasteiger partial charge in [-0.15, -0.1) is 0 Å². The van der Waals surface area contributed by atoms with Gasteiger partial charge in [0, 0.05) is 13.5 Å². The van der Waals surface area contributed by atoms with Crippen LogP contribution in [0.2, 0.25) is 0 Å². The van der Waals surface area contributed by atoms with Crippen LogP contribution in [-0.4, -0.2) is 37.1 Å². The standard InChI is InChI=1S/C11H20N2O3/c1-7(14)13-9(11(2,3)4)10(15)12-5-8-6-16-8/h8-9H,5-6H2,1-4H3,(H,12,15)(H,13,14). The number of carbonyl (C=O) groups is 2. The van der Waals surface area contributed by atoms with Gasteiger partial charge in [0.15, 0.2) is 0 Å². The number of amides is 2. The number of ether oxygens (including phenoxy) is 1. The smallest absolute Gasteiger partial charge is 0.243 e. The van der Waals surface area contributed by atoms with Crippen LogP contribution >= 0.6 is 0 Å². The third kappa shape index (κ3) is 4.18. The second kappa shape index (κ2) is 4.82. The van der Waals surface area contributed by atoms with Crippen molar-refractivity contribution in [3.8, 4) is 0 Å². The molecule has 0 aromatic heterocycles. The van der Waals surface area contributed by atoms with Crippen LogP contribution in [-0.2, 0) is 14.3 Å². The summed E-state index contributed by atoms with van der Waals surface area (Å²) in [6, 6.07) is -0.510. The molecule has 0 aliphatic carbocycles. The Balaban J connectivity index is 2.51. The van der Waals surface area contributed by atoms with E-state index in [1.807, 2.05) is 20.8 Å². The summed E-state index contributed by atoms with van der Waals surface area (Å²) in [6.45, 7) is 8.39. The van der Waals surface area contributed by atoms with Crippen molar-refractivity contribution in [1.82, 2.24) is 10.6 Å². The second-order valence-corrected chi connectivity index (χ2v) is 5.20. The maximum absolute atomic E-state index is 11.9. The molecule has 0 aromatic rings. The fraction of sp³-hybridized carbons (Fsp3) is 0.818. The van der Waals surface area contributed by atoms with Crippen LogP contribution in [0.3, 0.4) is 0 Å². The fourth-order valence-electron chi connectivity index (χ4n) is 1.38. The first-order valence-corrected chi connectivity index (χ1v) is 5.47. The summed E-state index contributed by atoms with van der Waals surface area (Å²) >= 11 is 0. The quantitative estimate of drug-likeness (QED) is 0.668. The van der Waals surface area contributed by atoms with Crippen LogP contribution in [0.1, 0.15) is 27.7 Å². The lowest BCUT2D eigenvalue weighted by Crippen LogP contribution is -2.53. The number of hydrogen-bond donors (Lipinski definition) is 2. The van der Waals surface area contributed by atoms with Gasteiger partial charge in [-0.25, -0.2) is 0 Å². The van der Waals surface area contributed by atoms with Crippen LogP contribution < -0.4 is 10.6 Å². The first kappa shape index (κ1) is 13.0. The molecule has 0 spiro atoms. The minimum Gasteiger partial charge on any atom is -0.371 e. The molecule has 2 N–H and O–H groups in total. The SMILES string of the molecule is CC(=O)NC(C(=O)NCC1CO1)C(C)(C)C. The van der Waals surface area contributed by atoms with Crippen molar-refractivity contribution in [2.24, 2.45) is 5.41 Å². The van der Waals surface area contributed by atoms with Crippen molar-refractivity contribution < 1.29 is 14.3 Å². The zero-order valence-electron chi connectivity index (χ0n) is 10.3. The van der Waals surface area contributed by atoms with E-state index in [2.05, 4.69) is 10.6 Å². The molecule has 16 heavy (non-hydrogen) atoms. The predicted octanol–water partition coefficient (Wildman–Crippen LogP) is 0.0522. The molecule has 2 unspecified atom stereocenters. The molecule has 1 rings (SSSR count). The fourth-order valence-corrected chi connectivity index (χ4v) is 1.38. The maximum Gasteiger partial charge on any atom is 0.243 e. The molecule has 5 heteroatoms. The van der Waals surface area contributed by atoms with E-state index in [1.165, 1.54) is 6.92 Å². The Kier molecular flexibility index (Phi) is 3.91. The van der Waals surface area contributed by atoms with E-state index in [1.54, 1.807) is 0 Å². The molecule has 1 heterocycles. The summed E-state index contributed by atoms with van der Waals surface area (Å²) < 4.78 is 5.00. The number of carbonyl (C=O) groups excluding carboxylic acids is 2. The van der Waals surface area contributed by atoms with E-state index < -0.39 is 6.04 Å². The minimum absolute atomic E-state index is 0.154. The van der Waals surface area contributed by atoms with Crippen molar-refractivity contribution in [2.45, 2.75) is 39.8 Å². The van der Waals surface area contributed by atoms with E-state index in [-0.39, 0.29) is 23.3 Å². The summed E-state index contributed by atoms with van der Waals surface area (Å²) in [4.78, 5) is 22.9. The first-order chi connectivity index (χ1) is 7.30. The second-order valence-electron chi connectivity index (χ2n) is 5.20. The number of nitrogens with one attached hydrogen (secondary N) is 2. The van der Waals surface area contributed by atoms with E-state index in [0.717, 1.165) is 0 Å². The highest BCUT2D eigenvalue weighted by Gasteiger charge is 2.33. The third-order valence-corrected chi connectivity index (χ3v) is 2.38. The largest absolute Gasteiger partial charge is 0.371 e. The average Bonchev–Trinajstić information content (AvgIpc) is 2.91. The Hall–Kier alpha value is -1.10. The Morgan fingerprint density at radius 1 is 1.44 bits per heavy atom. The number of epoxide rings is 1. The van der Waals surface area contributed by atoms with Gasteiger partial charge in [0.1, 0.15) is 6.04 Å². The Labute approximate surface area is 95.9 Å². The zero-order chi connectivity index (χ0) is 12.3. The van der Waals surface area contributed by atoms with Gasteiger partial charge in [-0.1, -0.05) is 20.8 Å². The zero-order valence-corrected chi connectivity index (χ0v) is 10.3. The van der Waals surface area contributed by atoms with Crippen molar-refractivity contribution in [1.29, 1.82) is 0 Å². The molecule has 0 aromatic carbocycles. The average molecular weight is 228 g/mol. The van der Waals surface area contributed by atoms with Gasteiger partial charge in [0.25, 0.3) is 0 Å². The summed E-state index contributed by atoms with van der Waals surface area (Å²) in [5, 5.41) is 5.45. The van der Waals surface area contributed by atoms with E-state index in [0.29, 0.717) is 13.2 Å². The molecule has 1 aliphatic heterocycles. The normalized spacial score (nSPS) is 21.1. The molecule has 1 fully saturated rings. The van der Waals surface area contributed by atoms with Crippen molar-refractivity contribution in [2.75, 3.05) is 13.2 Å². The molecule has 5 nitrogen and oxygen atoms in total. The molecular weight excluding hydrogens is 208 g/mol. The molecule has 1 saturated heterocycles. The van der Waals surface area contributed by atoms with Gasteiger partial charge in [-0.3, -0.25) is 9.59 Å². The Morgan fingerprint density at radius 2 is 2.00 bits per heavy atom. The first-order valence-electron chi connectivity index (χ1n) is 5.47. The molecule has 2 amide bonds. The van der Waals surface area contributed by atoms with Crippen LogP contribution in [0.15, 0.2) is 0 Å². The van der Waals surface area contributed by atoms with Crippen molar-refractivity contribution >= 4 is 11.8 Å². The molecule has 0 saturated carbocycles. The lowest BCUT2D eigenvalue weighted by molar-refractivity contribution is -0.130. The monoisotopic (exact) mass is 228 g/mol. The summed E-state index contributed by atoms with van der Waals surface area (Å²) in [7, 11) is 0. The van der Waals surface area contributed by atoms with Gasteiger partial charge < -0.3 is 15.4 Å². The highest BCUT2D eigenvalue weighted by atomic mass is 16.6. The topological polar surface area (TPSA) is 70.7 Å². The van der Waals surface area contributed by atoms with Crippen molar-refractivity contribution in [3.63, 3.8) is 0 Å². The van der Waals surface area contributed by atoms with Gasteiger partial charge >= 0.3 is 0 Å². The Bertz CT molecular complexity index is 279. The van der Waals surface area contributed by atoms with E-state index in [4.69, 9.17) is 4.74 Å². The van der Waals surface area contributed by atoms with Gasteiger partial charge in [-0.05, 0) is 5.41 Å². The number of hydrogen-bond acceptors (Lipinski definition) is 3.